The molecule has 0 aliphatic rings. The van der Waals surface area contributed by atoms with Crippen molar-refractivity contribution in [3.63, 3.8) is 0 Å². The number of fused-ring (bicyclic) bond motifs is 1. The summed E-state index contributed by atoms with van der Waals surface area (Å²) in [6.07, 6.45) is -0.865. The number of benzene rings is 2. The highest BCUT2D eigenvalue weighted by Gasteiger charge is 2.18. The third kappa shape index (κ3) is 4.20. The number of amides is 1. The normalized spacial score (nSPS) is 11.8. The number of non-ortho nitro benzene ring substituents is 1. The summed E-state index contributed by atoms with van der Waals surface area (Å²) in [6.45, 7) is 3.36. The number of nitrogens with zero attached hydrogens (tertiary/aromatic N) is 1. The Hall–Kier alpha value is -3.20. The van der Waals surface area contributed by atoms with Crippen LogP contribution in [0, 0.1) is 17.0 Å². The van der Waals surface area contributed by atoms with E-state index in [1.54, 1.807) is 32.0 Å². The van der Waals surface area contributed by atoms with Crippen LogP contribution in [0.2, 0.25) is 0 Å². The van der Waals surface area contributed by atoms with Gasteiger partial charge in [-0.1, -0.05) is 0 Å². The third-order valence-electron chi connectivity index (χ3n) is 4.03. The van der Waals surface area contributed by atoms with E-state index in [9.17, 15) is 19.7 Å². The highest BCUT2D eigenvalue weighted by atomic mass is 79.9. The quantitative estimate of drug-likeness (QED) is 0.357. The molecule has 1 amide bonds. The summed E-state index contributed by atoms with van der Waals surface area (Å²) in [7, 11) is 0. The first-order chi connectivity index (χ1) is 13.2. The zero-order chi connectivity index (χ0) is 20.4. The Balaban J connectivity index is 1.75. The van der Waals surface area contributed by atoms with Crippen molar-refractivity contribution in [2.75, 3.05) is 5.32 Å². The fourth-order valence-electron chi connectivity index (χ4n) is 2.59. The van der Waals surface area contributed by atoms with Crippen molar-refractivity contribution in [2.45, 2.75) is 20.0 Å². The van der Waals surface area contributed by atoms with Crippen molar-refractivity contribution in [1.29, 1.82) is 0 Å². The molecule has 0 radical (unpaired) electrons. The molecule has 0 spiro atoms. The second-order valence-electron chi connectivity index (χ2n) is 6.08. The van der Waals surface area contributed by atoms with Crippen LogP contribution in [0.15, 0.2) is 56.1 Å². The van der Waals surface area contributed by atoms with E-state index >= 15 is 0 Å². The fraction of sp³-hybridized carbons (Fsp3) is 0.158. The molecule has 0 aliphatic heterocycles. The van der Waals surface area contributed by atoms with Crippen LogP contribution < -0.4 is 15.7 Å². The van der Waals surface area contributed by atoms with Crippen molar-refractivity contribution < 1.29 is 18.9 Å². The van der Waals surface area contributed by atoms with E-state index in [2.05, 4.69) is 21.2 Å². The SMILES string of the molecule is Cc1cc(=O)oc2cc(O[C@H](C)C(=O)Nc3ccc([N+](=O)[O-])cc3Br)ccc12. The van der Waals surface area contributed by atoms with Crippen molar-refractivity contribution in [2.24, 2.45) is 0 Å². The van der Waals surface area contributed by atoms with E-state index in [0.717, 1.165) is 10.9 Å². The van der Waals surface area contributed by atoms with Gasteiger partial charge in [0, 0.05) is 34.1 Å². The van der Waals surface area contributed by atoms with E-state index in [1.165, 1.54) is 24.3 Å². The molecule has 8 nitrogen and oxygen atoms in total. The molecule has 9 heteroatoms. The van der Waals surface area contributed by atoms with Crippen molar-refractivity contribution in [3.8, 4) is 5.75 Å². The van der Waals surface area contributed by atoms with Gasteiger partial charge in [-0.3, -0.25) is 14.9 Å². The first-order valence-corrected chi connectivity index (χ1v) is 9.00. The average Bonchev–Trinajstić information content (AvgIpc) is 2.62. The number of anilines is 1. The third-order valence-corrected chi connectivity index (χ3v) is 4.68. The summed E-state index contributed by atoms with van der Waals surface area (Å²) in [5.41, 5.74) is 0.976. The summed E-state index contributed by atoms with van der Waals surface area (Å²) in [5.74, 6) is -0.0768. The van der Waals surface area contributed by atoms with Gasteiger partial charge in [-0.05, 0) is 53.5 Å². The highest BCUT2D eigenvalue weighted by molar-refractivity contribution is 9.10. The first-order valence-electron chi connectivity index (χ1n) is 8.20. The Morgan fingerprint density at radius 2 is 2.00 bits per heavy atom. The Labute approximate surface area is 167 Å². The molecule has 1 heterocycles. The maximum atomic E-state index is 12.4. The van der Waals surface area contributed by atoms with Gasteiger partial charge in [-0.15, -0.1) is 0 Å². The second-order valence-corrected chi connectivity index (χ2v) is 6.93. The molecule has 0 bridgehead atoms. The van der Waals surface area contributed by atoms with E-state index in [1.807, 2.05) is 0 Å². The minimum absolute atomic E-state index is 0.0953. The number of hydrogen-bond donors (Lipinski definition) is 1. The molecular formula is C19H15BrN2O6. The van der Waals surface area contributed by atoms with Gasteiger partial charge < -0.3 is 14.5 Å². The van der Waals surface area contributed by atoms with Gasteiger partial charge in [0.1, 0.15) is 11.3 Å². The van der Waals surface area contributed by atoms with Crippen LogP contribution in [0.5, 0.6) is 5.75 Å². The smallest absolute Gasteiger partial charge is 0.336 e. The molecule has 0 saturated heterocycles. The number of nitro benzene ring substituents is 1. The van der Waals surface area contributed by atoms with Gasteiger partial charge in [0.2, 0.25) is 0 Å². The summed E-state index contributed by atoms with van der Waals surface area (Å²) in [4.78, 5) is 34.2. The van der Waals surface area contributed by atoms with E-state index < -0.39 is 22.6 Å². The van der Waals surface area contributed by atoms with Gasteiger partial charge in [0.25, 0.3) is 11.6 Å². The number of carbonyl (C=O) groups is 1. The van der Waals surface area contributed by atoms with Gasteiger partial charge in [0.05, 0.1) is 10.6 Å². The molecular weight excluding hydrogens is 432 g/mol. The molecule has 28 heavy (non-hydrogen) atoms. The van der Waals surface area contributed by atoms with Crippen molar-refractivity contribution >= 4 is 44.2 Å². The molecule has 0 aliphatic carbocycles. The standard InChI is InChI=1S/C19H15BrN2O6/c1-10-7-18(23)28-17-9-13(4-5-14(10)17)27-11(2)19(24)21-16-6-3-12(22(25)26)8-15(16)20/h3-9,11H,1-2H3,(H,21,24)/t11-/m1/s1. The molecule has 3 aromatic rings. The molecule has 144 valence electrons. The Kier molecular flexibility index (Phi) is 5.46. The zero-order valence-electron chi connectivity index (χ0n) is 14.9. The van der Waals surface area contributed by atoms with Crippen LogP contribution in [-0.2, 0) is 4.79 Å². The molecule has 3 rings (SSSR count). The van der Waals surface area contributed by atoms with Gasteiger partial charge in [0.15, 0.2) is 6.10 Å². The topological polar surface area (TPSA) is 112 Å². The number of hydrogen-bond acceptors (Lipinski definition) is 6. The molecule has 1 N–H and O–H groups in total. The molecule has 0 fully saturated rings. The fourth-order valence-corrected chi connectivity index (χ4v) is 3.06. The van der Waals surface area contributed by atoms with Crippen molar-refractivity contribution in [1.82, 2.24) is 0 Å². The van der Waals surface area contributed by atoms with E-state index in [4.69, 9.17) is 9.15 Å². The molecule has 1 atom stereocenters. The first kappa shape index (κ1) is 19.6. The molecule has 2 aromatic carbocycles. The van der Waals surface area contributed by atoms with Crippen LogP contribution in [0.4, 0.5) is 11.4 Å². The highest BCUT2D eigenvalue weighted by Crippen LogP contribution is 2.28. The van der Waals surface area contributed by atoms with Gasteiger partial charge >= 0.3 is 5.63 Å². The minimum Gasteiger partial charge on any atom is -0.481 e. The lowest BCUT2D eigenvalue weighted by Crippen LogP contribution is -2.30. The van der Waals surface area contributed by atoms with Crippen LogP contribution >= 0.6 is 15.9 Å². The predicted octanol–water partition coefficient (Wildman–Crippen LogP) is 4.18. The number of nitrogens with one attached hydrogen (secondary N) is 1. The number of ether oxygens (including phenoxy) is 1. The van der Waals surface area contributed by atoms with Crippen LogP contribution in [-0.4, -0.2) is 16.9 Å². The summed E-state index contributed by atoms with van der Waals surface area (Å²) < 4.78 is 11.2. The van der Waals surface area contributed by atoms with Crippen LogP contribution in [0.1, 0.15) is 12.5 Å². The van der Waals surface area contributed by atoms with Crippen molar-refractivity contribution in [3.05, 3.63) is 73.0 Å². The minimum atomic E-state index is -0.865. The van der Waals surface area contributed by atoms with Gasteiger partial charge in [-0.2, -0.15) is 0 Å². The number of aryl methyl sites for hydroxylation is 1. The predicted molar refractivity (Wildman–Crippen MR) is 107 cm³/mol. The Morgan fingerprint density at radius 3 is 2.68 bits per heavy atom. The maximum Gasteiger partial charge on any atom is 0.336 e. The number of nitro groups is 1. The molecule has 1 aromatic heterocycles. The number of rotatable bonds is 5. The maximum absolute atomic E-state index is 12.4. The number of carbonyl (C=O) groups excluding carboxylic acids is 1. The van der Waals surface area contributed by atoms with Gasteiger partial charge in [-0.25, -0.2) is 4.79 Å². The lowest BCUT2D eigenvalue weighted by molar-refractivity contribution is -0.384. The molecule has 0 unspecified atom stereocenters. The second kappa shape index (κ2) is 7.81. The summed E-state index contributed by atoms with van der Waals surface area (Å²) >= 11 is 3.20. The van der Waals surface area contributed by atoms with E-state index in [-0.39, 0.29) is 5.69 Å². The Morgan fingerprint density at radius 1 is 1.25 bits per heavy atom. The van der Waals surface area contributed by atoms with Crippen LogP contribution in [0.25, 0.3) is 11.0 Å². The molecule has 0 saturated carbocycles. The van der Waals surface area contributed by atoms with E-state index in [0.29, 0.717) is 21.5 Å². The largest absolute Gasteiger partial charge is 0.481 e. The lowest BCUT2D eigenvalue weighted by Gasteiger charge is -2.15. The summed E-state index contributed by atoms with van der Waals surface area (Å²) in [5, 5.41) is 14.2. The van der Waals surface area contributed by atoms with Crippen LogP contribution in [0.3, 0.4) is 0 Å². The lowest BCUT2D eigenvalue weighted by atomic mass is 10.1. The monoisotopic (exact) mass is 446 g/mol. The average molecular weight is 447 g/mol. The number of halogens is 1. The Bertz CT molecular complexity index is 1140. The zero-order valence-corrected chi connectivity index (χ0v) is 16.5. The summed E-state index contributed by atoms with van der Waals surface area (Å²) in [6, 6.07) is 10.4.